The second-order valence-electron chi connectivity index (χ2n) is 5.16. The van der Waals surface area contributed by atoms with Crippen LogP contribution in [0.5, 0.6) is 0 Å². The average Bonchev–Trinajstić information content (AvgIpc) is 2.24. The van der Waals surface area contributed by atoms with Gasteiger partial charge >= 0.3 is 0 Å². The van der Waals surface area contributed by atoms with Crippen LogP contribution >= 0.6 is 0 Å². The Hall–Kier alpha value is -1.75. The number of hydrogen-bond acceptors (Lipinski definition) is 4. The number of nitrogens with two attached hydrogens (primary N) is 1. The molecular weight excluding hydrogens is 230 g/mol. The maximum absolute atomic E-state index is 11.8. The van der Waals surface area contributed by atoms with E-state index in [4.69, 9.17) is 5.73 Å². The molecule has 0 atom stereocenters. The van der Waals surface area contributed by atoms with Crippen molar-refractivity contribution in [3.63, 3.8) is 0 Å². The van der Waals surface area contributed by atoms with Gasteiger partial charge in [0.1, 0.15) is 0 Å². The highest BCUT2D eigenvalue weighted by molar-refractivity contribution is 5.96. The molecule has 1 aromatic rings. The quantitative estimate of drug-likeness (QED) is 0.693. The van der Waals surface area contributed by atoms with Crippen molar-refractivity contribution in [2.24, 2.45) is 0 Å². The normalized spacial score (nSPS) is 11.2. The van der Waals surface area contributed by atoms with Crippen LogP contribution in [0.2, 0.25) is 0 Å². The van der Waals surface area contributed by atoms with Crippen LogP contribution < -0.4 is 16.0 Å². The Kier molecular flexibility index (Phi) is 4.19. The van der Waals surface area contributed by atoms with Crippen molar-refractivity contribution in [1.82, 2.24) is 5.32 Å². The summed E-state index contributed by atoms with van der Waals surface area (Å²) in [6, 6.07) is 5.15. The molecule has 5 nitrogen and oxygen atoms in total. The molecule has 0 aliphatic heterocycles. The van der Waals surface area contributed by atoms with E-state index in [-0.39, 0.29) is 12.5 Å². The first-order chi connectivity index (χ1) is 8.20. The lowest BCUT2D eigenvalue weighted by atomic mass is 10.1. The summed E-state index contributed by atoms with van der Waals surface area (Å²) in [5, 5.41) is 12.2. The van der Waals surface area contributed by atoms with Gasteiger partial charge in [0, 0.05) is 26.2 Å². The predicted molar refractivity (Wildman–Crippen MR) is 73.8 cm³/mol. The van der Waals surface area contributed by atoms with Crippen molar-refractivity contribution in [2.75, 3.05) is 31.3 Å². The van der Waals surface area contributed by atoms with E-state index in [9.17, 15) is 9.90 Å². The number of rotatable bonds is 4. The summed E-state index contributed by atoms with van der Waals surface area (Å²) in [6.45, 7) is 3.47. The van der Waals surface area contributed by atoms with E-state index in [2.05, 4.69) is 5.32 Å². The Balaban J connectivity index is 2.79. The van der Waals surface area contributed by atoms with Gasteiger partial charge in [-0.25, -0.2) is 0 Å². The van der Waals surface area contributed by atoms with Gasteiger partial charge in [0.2, 0.25) is 0 Å². The van der Waals surface area contributed by atoms with Crippen LogP contribution in [-0.4, -0.2) is 37.3 Å². The lowest BCUT2D eigenvalue weighted by Crippen LogP contribution is -2.38. The first kappa shape index (κ1) is 14.3. The van der Waals surface area contributed by atoms with Gasteiger partial charge in [-0.2, -0.15) is 0 Å². The molecule has 0 unspecified atom stereocenters. The Labute approximate surface area is 108 Å². The molecule has 0 saturated carbocycles. The fraction of sp³-hybridized carbons (Fsp3) is 0.462. The van der Waals surface area contributed by atoms with Crippen molar-refractivity contribution in [3.8, 4) is 0 Å². The zero-order chi connectivity index (χ0) is 13.9. The highest BCUT2D eigenvalue weighted by Crippen LogP contribution is 2.22. The fourth-order valence-corrected chi connectivity index (χ4v) is 1.50. The van der Waals surface area contributed by atoms with Gasteiger partial charge in [0.25, 0.3) is 5.91 Å². The molecule has 4 N–H and O–H groups in total. The number of nitrogens with zero attached hydrogens (tertiary/aromatic N) is 1. The van der Waals surface area contributed by atoms with Crippen LogP contribution in [0.1, 0.15) is 24.2 Å². The first-order valence-corrected chi connectivity index (χ1v) is 5.78. The van der Waals surface area contributed by atoms with Gasteiger partial charge in [0.15, 0.2) is 0 Å². The van der Waals surface area contributed by atoms with Gasteiger partial charge < -0.3 is 21.1 Å². The van der Waals surface area contributed by atoms with E-state index < -0.39 is 5.60 Å². The van der Waals surface area contributed by atoms with Crippen molar-refractivity contribution in [3.05, 3.63) is 23.8 Å². The number of anilines is 2. The lowest BCUT2D eigenvalue weighted by Gasteiger charge is -2.18. The number of nitrogen functional groups attached to an aromatic ring is 1. The third-order valence-corrected chi connectivity index (χ3v) is 2.45. The second kappa shape index (κ2) is 5.27. The van der Waals surface area contributed by atoms with E-state index in [1.54, 1.807) is 32.0 Å². The van der Waals surface area contributed by atoms with Crippen LogP contribution in [-0.2, 0) is 0 Å². The highest BCUT2D eigenvalue weighted by atomic mass is 16.3. The molecule has 0 aliphatic rings. The minimum atomic E-state index is -0.926. The summed E-state index contributed by atoms with van der Waals surface area (Å²) in [6.07, 6.45) is 0. The largest absolute Gasteiger partial charge is 0.397 e. The minimum absolute atomic E-state index is 0.196. The van der Waals surface area contributed by atoms with Gasteiger partial charge in [-0.3, -0.25) is 4.79 Å². The Morgan fingerprint density at radius 2 is 2.06 bits per heavy atom. The summed E-state index contributed by atoms with van der Waals surface area (Å²) in [5.74, 6) is -0.242. The van der Waals surface area contributed by atoms with Crippen LogP contribution in [0.3, 0.4) is 0 Å². The van der Waals surface area contributed by atoms with Crippen LogP contribution in [0.15, 0.2) is 18.2 Å². The number of nitrogens with one attached hydrogen (secondary N) is 1. The molecule has 0 aromatic heterocycles. The fourth-order valence-electron chi connectivity index (χ4n) is 1.50. The summed E-state index contributed by atoms with van der Waals surface area (Å²) >= 11 is 0. The van der Waals surface area contributed by atoms with Gasteiger partial charge in [0.05, 0.1) is 17.0 Å². The van der Waals surface area contributed by atoms with Crippen molar-refractivity contribution in [1.29, 1.82) is 0 Å². The van der Waals surface area contributed by atoms with Crippen molar-refractivity contribution < 1.29 is 9.90 Å². The SMILES string of the molecule is CN(C)c1ccc(C(=O)NCC(C)(C)O)cc1N. The van der Waals surface area contributed by atoms with Crippen LogP contribution in [0, 0.1) is 0 Å². The third-order valence-electron chi connectivity index (χ3n) is 2.45. The zero-order valence-electron chi connectivity index (χ0n) is 11.3. The summed E-state index contributed by atoms with van der Waals surface area (Å²) < 4.78 is 0. The lowest BCUT2D eigenvalue weighted by molar-refractivity contribution is 0.0694. The van der Waals surface area contributed by atoms with Gasteiger partial charge in [-0.05, 0) is 32.0 Å². The predicted octanol–water partition coefficient (Wildman–Crippen LogP) is 0.835. The van der Waals surface area contributed by atoms with E-state index in [0.717, 1.165) is 5.69 Å². The summed E-state index contributed by atoms with van der Waals surface area (Å²) in [7, 11) is 3.78. The molecule has 5 heteroatoms. The average molecular weight is 251 g/mol. The van der Waals surface area contributed by atoms with E-state index in [1.165, 1.54) is 0 Å². The zero-order valence-corrected chi connectivity index (χ0v) is 11.3. The Morgan fingerprint density at radius 1 is 1.44 bits per heavy atom. The second-order valence-corrected chi connectivity index (χ2v) is 5.16. The van der Waals surface area contributed by atoms with Crippen LogP contribution in [0.4, 0.5) is 11.4 Å². The van der Waals surface area contributed by atoms with Gasteiger partial charge in [-0.15, -0.1) is 0 Å². The Morgan fingerprint density at radius 3 is 2.50 bits per heavy atom. The maximum atomic E-state index is 11.8. The molecule has 1 rings (SSSR count). The molecule has 0 saturated heterocycles. The monoisotopic (exact) mass is 251 g/mol. The number of hydrogen-bond donors (Lipinski definition) is 3. The number of benzene rings is 1. The number of carbonyl (C=O) groups is 1. The van der Waals surface area contributed by atoms with E-state index in [1.807, 2.05) is 19.0 Å². The third kappa shape index (κ3) is 3.92. The number of carbonyl (C=O) groups excluding carboxylic acids is 1. The summed E-state index contributed by atoms with van der Waals surface area (Å²) in [4.78, 5) is 13.7. The molecular formula is C13H21N3O2. The molecule has 0 heterocycles. The first-order valence-electron chi connectivity index (χ1n) is 5.78. The molecule has 0 aliphatic carbocycles. The van der Waals surface area contributed by atoms with Crippen molar-refractivity contribution in [2.45, 2.75) is 19.4 Å². The minimum Gasteiger partial charge on any atom is -0.397 e. The molecule has 1 aromatic carbocycles. The smallest absolute Gasteiger partial charge is 0.251 e. The topological polar surface area (TPSA) is 78.6 Å². The molecule has 0 fully saturated rings. The van der Waals surface area contributed by atoms with E-state index in [0.29, 0.717) is 11.3 Å². The molecule has 1 amide bonds. The maximum Gasteiger partial charge on any atom is 0.251 e. The molecule has 18 heavy (non-hydrogen) atoms. The molecule has 0 spiro atoms. The van der Waals surface area contributed by atoms with Gasteiger partial charge in [-0.1, -0.05) is 0 Å². The molecule has 0 radical (unpaired) electrons. The standard InChI is InChI=1S/C13H21N3O2/c1-13(2,18)8-15-12(17)9-5-6-11(16(3)4)10(14)7-9/h5-7,18H,8,14H2,1-4H3,(H,15,17). The number of aliphatic hydroxyl groups is 1. The highest BCUT2D eigenvalue weighted by Gasteiger charge is 2.15. The van der Waals surface area contributed by atoms with Crippen molar-refractivity contribution >= 4 is 17.3 Å². The summed E-state index contributed by atoms with van der Waals surface area (Å²) in [5.41, 5.74) is 6.85. The molecule has 0 bridgehead atoms. The molecule has 100 valence electrons. The number of amides is 1. The Bertz CT molecular complexity index is 436. The van der Waals surface area contributed by atoms with Crippen LogP contribution in [0.25, 0.3) is 0 Å². The van der Waals surface area contributed by atoms with E-state index >= 15 is 0 Å².